The molecule has 0 bridgehead atoms. The van der Waals surface area contributed by atoms with E-state index in [0.29, 0.717) is 13.2 Å². The van der Waals surface area contributed by atoms with Crippen LogP contribution in [0.4, 0.5) is 5.69 Å². The zero-order valence-corrected chi connectivity index (χ0v) is 18.1. The lowest BCUT2D eigenvalue weighted by Crippen LogP contribution is -2.25. The first-order valence-electron chi connectivity index (χ1n) is 9.98. The number of ether oxygens (including phenoxy) is 2. The monoisotopic (exact) mass is 431 g/mol. The standard InChI is InChI=1S/C25H22NO2PS/c1-4-10-20(11-5-1)29(21-12-6-2-7-13-21,22-14-8-3-9-15-22)26-23-16-19-30-24(23)25-27-17-18-28-25/h1-16,19,25H,17-18H2. The number of rotatable bonds is 5. The maximum Gasteiger partial charge on any atom is 0.195 e. The summed E-state index contributed by atoms with van der Waals surface area (Å²) in [5.74, 6) is 0. The number of thiophene rings is 1. The molecule has 0 atom stereocenters. The minimum Gasteiger partial charge on any atom is -0.345 e. The SMILES string of the molecule is c1ccc(P(=Nc2ccsc2C2OCCO2)(c2ccccc2)c2ccccc2)cc1. The van der Waals surface area contributed by atoms with Gasteiger partial charge in [0.15, 0.2) is 6.29 Å². The lowest BCUT2D eigenvalue weighted by atomic mass is 10.4. The second-order valence-electron chi connectivity index (χ2n) is 6.99. The third-order valence-corrected chi connectivity index (χ3v) is 9.74. The van der Waals surface area contributed by atoms with E-state index in [4.69, 9.17) is 14.2 Å². The van der Waals surface area contributed by atoms with E-state index >= 15 is 0 Å². The molecule has 3 nitrogen and oxygen atoms in total. The molecule has 3 aromatic carbocycles. The maximum atomic E-state index is 5.81. The summed E-state index contributed by atoms with van der Waals surface area (Å²) >= 11 is 1.65. The molecule has 1 aliphatic heterocycles. The molecule has 4 aromatic rings. The molecular weight excluding hydrogens is 409 g/mol. The minimum atomic E-state index is -2.29. The predicted molar refractivity (Wildman–Crippen MR) is 126 cm³/mol. The van der Waals surface area contributed by atoms with Crippen molar-refractivity contribution in [2.75, 3.05) is 13.2 Å². The minimum absolute atomic E-state index is 0.326. The molecule has 150 valence electrons. The molecule has 0 amide bonds. The summed E-state index contributed by atoms with van der Waals surface area (Å²) < 4.78 is 17.2. The van der Waals surface area contributed by atoms with Crippen LogP contribution in [0.25, 0.3) is 0 Å². The predicted octanol–water partition coefficient (Wildman–Crippen LogP) is 5.60. The quantitative estimate of drug-likeness (QED) is 0.385. The van der Waals surface area contributed by atoms with Gasteiger partial charge in [0.1, 0.15) is 0 Å². The van der Waals surface area contributed by atoms with Crippen LogP contribution in [0.2, 0.25) is 0 Å². The van der Waals surface area contributed by atoms with Crippen molar-refractivity contribution in [2.24, 2.45) is 4.74 Å². The zero-order valence-electron chi connectivity index (χ0n) is 16.4. The van der Waals surface area contributed by atoms with Crippen molar-refractivity contribution in [3.8, 4) is 0 Å². The van der Waals surface area contributed by atoms with Gasteiger partial charge < -0.3 is 9.47 Å². The third kappa shape index (κ3) is 3.57. The van der Waals surface area contributed by atoms with Gasteiger partial charge in [-0.2, -0.15) is 0 Å². The fourth-order valence-electron chi connectivity index (χ4n) is 3.80. The lowest BCUT2D eigenvalue weighted by Gasteiger charge is -2.27. The Hall–Kier alpha value is -2.49. The van der Waals surface area contributed by atoms with E-state index in [1.54, 1.807) is 11.3 Å². The number of nitrogens with zero attached hydrogens (tertiary/aromatic N) is 1. The van der Waals surface area contributed by atoms with Crippen LogP contribution in [0.1, 0.15) is 11.2 Å². The third-order valence-electron chi connectivity index (χ3n) is 5.16. The van der Waals surface area contributed by atoms with Crippen LogP contribution in [-0.2, 0) is 9.47 Å². The molecule has 1 aliphatic rings. The average molecular weight is 431 g/mol. The fourth-order valence-corrected chi connectivity index (χ4v) is 8.24. The van der Waals surface area contributed by atoms with Crippen molar-refractivity contribution in [1.29, 1.82) is 0 Å². The zero-order chi connectivity index (χ0) is 20.2. The highest BCUT2D eigenvalue weighted by Gasteiger charge is 2.29. The van der Waals surface area contributed by atoms with E-state index in [2.05, 4.69) is 102 Å². The van der Waals surface area contributed by atoms with Gasteiger partial charge in [-0.05, 0) is 11.4 Å². The molecule has 0 radical (unpaired) electrons. The molecule has 30 heavy (non-hydrogen) atoms. The molecule has 0 aliphatic carbocycles. The molecule has 0 saturated carbocycles. The summed E-state index contributed by atoms with van der Waals surface area (Å²) in [4.78, 5) is 1.04. The molecule has 5 heteroatoms. The van der Waals surface area contributed by atoms with Crippen molar-refractivity contribution in [3.63, 3.8) is 0 Å². The first-order valence-corrected chi connectivity index (χ1v) is 12.6. The second kappa shape index (κ2) is 8.71. The van der Waals surface area contributed by atoms with Gasteiger partial charge in [-0.25, -0.2) is 0 Å². The van der Waals surface area contributed by atoms with E-state index in [1.807, 2.05) is 0 Å². The van der Waals surface area contributed by atoms with Crippen LogP contribution in [0.15, 0.2) is 107 Å². The van der Waals surface area contributed by atoms with E-state index in [1.165, 1.54) is 15.9 Å². The van der Waals surface area contributed by atoms with Crippen molar-refractivity contribution in [3.05, 3.63) is 107 Å². The maximum absolute atomic E-state index is 5.81. The Kier molecular flexibility index (Phi) is 5.65. The van der Waals surface area contributed by atoms with Gasteiger partial charge in [-0.15, -0.1) is 11.3 Å². The molecule has 0 N–H and O–H groups in total. The number of hydrogen-bond donors (Lipinski definition) is 0. The molecular formula is C25H22NO2PS. The summed E-state index contributed by atoms with van der Waals surface area (Å²) in [6.45, 7) is 1.25. The van der Waals surface area contributed by atoms with E-state index < -0.39 is 7.05 Å². The van der Waals surface area contributed by atoms with Crippen molar-refractivity contribution in [2.45, 2.75) is 6.29 Å². The first kappa shape index (κ1) is 19.5. The smallest absolute Gasteiger partial charge is 0.195 e. The Morgan fingerprint density at radius 1 is 0.667 bits per heavy atom. The highest BCUT2D eigenvalue weighted by molar-refractivity contribution is 7.87. The summed E-state index contributed by atoms with van der Waals surface area (Å²) in [5, 5.41) is 5.77. The molecule has 1 saturated heterocycles. The molecule has 1 aromatic heterocycles. The van der Waals surface area contributed by atoms with Gasteiger partial charge in [0.25, 0.3) is 0 Å². The van der Waals surface area contributed by atoms with Gasteiger partial charge in [0, 0.05) is 15.9 Å². The summed E-state index contributed by atoms with van der Waals surface area (Å²) in [5.41, 5.74) is 0.955. The average Bonchev–Trinajstić information content (AvgIpc) is 3.51. The van der Waals surface area contributed by atoms with Crippen LogP contribution in [0.3, 0.4) is 0 Å². The summed E-state index contributed by atoms with van der Waals surface area (Å²) in [7, 11) is -2.29. The van der Waals surface area contributed by atoms with Crippen molar-refractivity contribution in [1.82, 2.24) is 0 Å². The van der Waals surface area contributed by atoms with Crippen LogP contribution < -0.4 is 15.9 Å². The Balaban J connectivity index is 1.83. The fraction of sp³-hybridized carbons (Fsp3) is 0.120. The Labute approximate surface area is 181 Å². The van der Waals surface area contributed by atoms with E-state index in [9.17, 15) is 0 Å². The highest BCUT2D eigenvalue weighted by atomic mass is 32.1. The Morgan fingerprint density at radius 3 is 1.60 bits per heavy atom. The van der Waals surface area contributed by atoms with Crippen molar-refractivity contribution >= 4 is 40.0 Å². The lowest BCUT2D eigenvalue weighted by molar-refractivity contribution is -0.0408. The van der Waals surface area contributed by atoms with Crippen LogP contribution in [-0.4, -0.2) is 13.2 Å². The molecule has 5 rings (SSSR count). The highest BCUT2D eigenvalue weighted by Crippen LogP contribution is 2.51. The molecule has 0 unspecified atom stereocenters. The second-order valence-corrected chi connectivity index (χ2v) is 11.0. The van der Waals surface area contributed by atoms with Crippen LogP contribution in [0.5, 0.6) is 0 Å². The van der Waals surface area contributed by atoms with Crippen LogP contribution >= 0.6 is 18.4 Å². The summed E-state index contributed by atoms with van der Waals surface area (Å²) in [6.07, 6.45) is -0.326. The summed E-state index contributed by atoms with van der Waals surface area (Å²) in [6, 6.07) is 34.1. The topological polar surface area (TPSA) is 30.8 Å². The van der Waals surface area contributed by atoms with Gasteiger partial charge in [-0.1, -0.05) is 91.0 Å². The number of benzene rings is 3. The van der Waals surface area contributed by atoms with Gasteiger partial charge >= 0.3 is 0 Å². The first-order chi connectivity index (χ1) is 14.9. The van der Waals surface area contributed by atoms with Crippen LogP contribution in [0, 0.1) is 0 Å². The van der Waals surface area contributed by atoms with Gasteiger partial charge in [-0.3, -0.25) is 4.74 Å². The normalized spacial score (nSPS) is 14.7. The molecule has 0 spiro atoms. The largest absolute Gasteiger partial charge is 0.345 e. The van der Waals surface area contributed by atoms with Gasteiger partial charge in [0.05, 0.1) is 30.8 Å². The molecule has 1 fully saturated rings. The van der Waals surface area contributed by atoms with E-state index in [-0.39, 0.29) is 6.29 Å². The Bertz CT molecular complexity index is 1050. The number of hydrogen-bond acceptors (Lipinski definition) is 4. The van der Waals surface area contributed by atoms with E-state index in [0.717, 1.165) is 10.6 Å². The van der Waals surface area contributed by atoms with Crippen molar-refractivity contribution < 1.29 is 9.47 Å². The van der Waals surface area contributed by atoms with Gasteiger partial charge in [0.2, 0.25) is 0 Å². The molecule has 2 heterocycles. The Morgan fingerprint density at radius 2 is 1.13 bits per heavy atom.